The molecular weight excluding hydrogens is 190 g/mol. The molecule has 0 aliphatic heterocycles. The minimum atomic E-state index is -0.281. The molecular formula is C9H14ClNO2. The third-order valence-electron chi connectivity index (χ3n) is 1.78. The maximum absolute atomic E-state index is 9.35. The van der Waals surface area contributed by atoms with E-state index in [-0.39, 0.29) is 30.8 Å². The first kappa shape index (κ1) is 12.2. The summed E-state index contributed by atoms with van der Waals surface area (Å²) >= 11 is 0. The smallest absolute Gasteiger partial charge is 0.120 e. The van der Waals surface area contributed by atoms with Crippen molar-refractivity contribution >= 4 is 12.4 Å². The number of phenolic OH excluding ortho intramolecular Hbond substituents is 1. The molecule has 4 heteroatoms. The molecule has 0 heterocycles. The molecule has 0 saturated carbocycles. The van der Waals surface area contributed by atoms with Crippen LogP contribution in [0.4, 0.5) is 0 Å². The monoisotopic (exact) mass is 203 g/mol. The number of aliphatic hydroxyl groups excluding tert-OH is 1. The number of hydrogen-bond donors (Lipinski definition) is 3. The maximum Gasteiger partial charge on any atom is 0.120 e. The van der Waals surface area contributed by atoms with Crippen molar-refractivity contribution in [1.29, 1.82) is 0 Å². The lowest BCUT2D eigenvalue weighted by Crippen LogP contribution is -2.11. The van der Waals surface area contributed by atoms with Crippen LogP contribution in [0.15, 0.2) is 24.3 Å². The van der Waals surface area contributed by atoms with Gasteiger partial charge in [-0.3, -0.25) is 0 Å². The molecule has 1 aromatic carbocycles. The Morgan fingerprint density at radius 1 is 1.31 bits per heavy atom. The SMILES string of the molecule is Cl.N[C@@H](CCO)c1ccccc1O. The Hall–Kier alpha value is -0.770. The first-order valence-corrected chi connectivity index (χ1v) is 3.90. The summed E-state index contributed by atoms with van der Waals surface area (Å²) in [6, 6.07) is 6.62. The van der Waals surface area contributed by atoms with Gasteiger partial charge in [0.25, 0.3) is 0 Å². The molecule has 0 spiro atoms. The van der Waals surface area contributed by atoms with Crippen molar-refractivity contribution in [3.63, 3.8) is 0 Å². The highest BCUT2D eigenvalue weighted by Crippen LogP contribution is 2.23. The lowest BCUT2D eigenvalue weighted by molar-refractivity contribution is 0.275. The summed E-state index contributed by atoms with van der Waals surface area (Å²) in [5.41, 5.74) is 6.37. The summed E-state index contributed by atoms with van der Waals surface area (Å²) in [5, 5.41) is 18.0. The second kappa shape index (κ2) is 5.80. The topological polar surface area (TPSA) is 66.5 Å². The van der Waals surface area contributed by atoms with Crippen LogP contribution in [-0.4, -0.2) is 16.8 Å². The minimum absolute atomic E-state index is 0. The molecule has 0 unspecified atom stereocenters. The molecule has 0 amide bonds. The number of phenols is 1. The molecule has 0 bridgehead atoms. The third kappa shape index (κ3) is 3.22. The lowest BCUT2D eigenvalue weighted by Gasteiger charge is -2.11. The number of aliphatic hydroxyl groups is 1. The standard InChI is InChI=1S/C9H13NO2.ClH/c10-8(5-6-11)7-3-1-2-4-9(7)12;/h1-4,8,11-12H,5-6,10H2;1H/t8-;/m0./s1. The number of para-hydroxylation sites is 1. The van der Waals surface area contributed by atoms with Crippen LogP contribution in [-0.2, 0) is 0 Å². The van der Waals surface area contributed by atoms with Crippen molar-refractivity contribution in [3.8, 4) is 5.75 Å². The average Bonchev–Trinajstić information content (AvgIpc) is 2.05. The average molecular weight is 204 g/mol. The van der Waals surface area contributed by atoms with Gasteiger partial charge in [0.05, 0.1) is 0 Å². The summed E-state index contributed by atoms with van der Waals surface area (Å²) in [5.74, 6) is 0.193. The third-order valence-corrected chi connectivity index (χ3v) is 1.78. The van der Waals surface area contributed by atoms with Gasteiger partial charge in [-0.1, -0.05) is 18.2 Å². The number of hydrogen-bond acceptors (Lipinski definition) is 3. The number of benzene rings is 1. The van der Waals surface area contributed by atoms with Gasteiger partial charge in [-0.25, -0.2) is 0 Å². The van der Waals surface area contributed by atoms with Gasteiger partial charge < -0.3 is 15.9 Å². The van der Waals surface area contributed by atoms with Crippen LogP contribution in [0.2, 0.25) is 0 Å². The maximum atomic E-state index is 9.35. The van der Waals surface area contributed by atoms with Gasteiger partial charge in [0, 0.05) is 18.2 Å². The van der Waals surface area contributed by atoms with Crippen LogP contribution in [0.1, 0.15) is 18.0 Å². The molecule has 13 heavy (non-hydrogen) atoms. The Bertz CT molecular complexity index is 255. The van der Waals surface area contributed by atoms with E-state index in [0.717, 1.165) is 0 Å². The van der Waals surface area contributed by atoms with Crippen molar-refractivity contribution in [1.82, 2.24) is 0 Å². The van der Waals surface area contributed by atoms with Crippen molar-refractivity contribution < 1.29 is 10.2 Å². The molecule has 0 saturated heterocycles. The van der Waals surface area contributed by atoms with E-state index in [9.17, 15) is 5.11 Å². The van der Waals surface area contributed by atoms with E-state index < -0.39 is 0 Å². The fourth-order valence-corrected chi connectivity index (χ4v) is 1.10. The van der Waals surface area contributed by atoms with Crippen LogP contribution in [0, 0.1) is 0 Å². The lowest BCUT2D eigenvalue weighted by atomic mass is 10.0. The van der Waals surface area contributed by atoms with E-state index in [2.05, 4.69) is 0 Å². The van der Waals surface area contributed by atoms with Crippen LogP contribution in [0.25, 0.3) is 0 Å². The zero-order chi connectivity index (χ0) is 8.97. The van der Waals surface area contributed by atoms with Gasteiger partial charge >= 0.3 is 0 Å². The van der Waals surface area contributed by atoms with E-state index >= 15 is 0 Å². The Morgan fingerprint density at radius 3 is 2.46 bits per heavy atom. The molecule has 4 N–H and O–H groups in total. The molecule has 1 atom stereocenters. The van der Waals surface area contributed by atoms with E-state index in [1.54, 1.807) is 18.2 Å². The van der Waals surface area contributed by atoms with Crippen LogP contribution in [0.3, 0.4) is 0 Å². The van der Waals surface area contributed by atoms with Crippen molar-refractivity contribution in [2.24, 2.45) is 5.73 Å². The number of halogens is 1. The largest absolute Gasteiger partial charge is 0.508 e. The summed E-state index contributed by atoms with van der Waals surface area (Å²) < 4.78 is 0. The number of aromatic hydroxyl groups is 1. The highest BCUT2D eigenvalue weighted by Gasteiger charge is 2.08. The number of nitrogens with two attached hydrogens (primary N) is 1. The number of rotatable bonds is 3. The molecule has 0 fully saturated rings. The van der Waals surface area contributed by atoms with Gasteiger partial charge in [-0.2, -0.15) is 0 Å². The quantitative estimate of drug-likeness (QED) is 0.692. The summed E-state index contributed by atoms with van der Waals surface area (Å²) in [6.07, 6.45) is 0.470. The predicted molar refractivity (Wildman–Crippen MR) is 54.0 cm³/mol. The first-order chi connectivity index (χ1) is 5.75. The second-order valence-electron chi connectivity index (χ2n) is 2.68. The van der Waals surface area contributed by atoms with Crippen LogP contribution < -0.4 is 5.73 Å². The van der Waals surface area contributed by atoms with E-state index in [0.29, 0.717) is 12.0 Å². The molecule has 1 aromatic rings. The zero-order valence-electron chi connectivity index (χ0n) is 7.18. The van der Waals surface area contributed by atoms with Gasteiger partial charge in [-0.15, -0.1) is 12.4 Å². The Balaban J connectivity index is 0.00000144. The van der Waals surface area contributed by atoms with E-state index in [1.807, 2.05) is 6.07 Å². The Labute approximate surface area is 83.6 Å². The molecule has 0 aliphatic carbocycles. The second-order valence-corrected chi connectivity index (χ2v) is 2.68. The first-order valence-electron chi connectivity index (χ1n) is 3.90. The van der Waals surface area contributed by atoms with Gasteiger partial charge in [-0.05, 0) is 12.5 Å². The van der Waals surface area contributed by atoms with Gasteiger partial charge in [0.1, 0.15) is 5.75 Å². The fraction of sp³-hybridized carbons (Fsp3) is 0.333. The minimum Gasteiger partial charge on any atom is -0.508 e. The van der Waals surface area contributed by atoms with Crippen molar-refractivity contribution in [3.05, 3.63) is 29.8 Å². The van der Waals surface area contributed by atoms with Crippen LogP contribution >= 0.6 is 12.4 Å². The molecule has 0 radical (unpaired) electrons. The normalized spacial score (nSPS) is 11.8. The predicted octanol–water partition coefficient (Wildman–Crippen LogP) is 1.20. The van der Waals surface area contributed by atoms with E-state index in [4.69, 9.17) is 10.8 Å². The summed E-state index contributed by atoms with van der Waals surface area (Å²) in [4.78, 5) is 0. The molecule has 3 nitrogen and oxygen atoms in total. The van der Waals surface area contributed by atoms with Gasteiger partial charge in [0.2, 0.25) is 0 Å². The summed E-state index contributed by atoms with van der Waals surface area (Å²) in [7, 11) is 0. The Kier molecular flexibility index (Phi) is 5.46. The molecule has 74 valence electrons. The van der Waals surface area contributed by atoms with E-state index in [1.165, 1.54) is 0 Å². The van der Waals surface area contributed by atoms with Crippen molar-refractivity contribution in [2.45, 2.75) is 12.5 Å². The molecule has 0 aliphatic rings. The van der Waals surface area contributed by atoms with Crippen molar-refractivity contribution in [2.75, 3.05) is 6.61 Å². The molecule has 1 rings (SSSR count). The Morgan fingerprint density at radius 2 is 1.92 bits per heavy atom. The zero-order valence-corrected chi connectivity index (χ0v) is 8.00. The highest BCUT2D eigenvalue weighted by molar-refractivity contribution is 5.85. The van der Waals surface area contributed by atoms with Crippen LogP contribution in [0.5, 0.6) is 5.75 Å². The van der Waals surface area contributed by atoms with Gasteiger partial charge in [0.15, 0.2) is 0 Å². The highest BCUT2D eigenvalue weighted by atomic mass is 35.5. The molecule has 0 aromatic heterocycles. The summed E-state index contributed by atoms with van der Waals surface area (Å²) in [6.45, 7) is 0.0372. The fourth-order valence-electron chi connectivity index (χ4n) is 1.10.